The molecule has 1 N–H and O–H groups in total. The zero-order valence-electron chi connectivity index (χ0n) is 7.62. The molecule has 2 nitrogen and oxygen atoms in total. The molecule has 0 aliphatic heterocycles. The van der Waals surface area contributed by atoms with Crippen molar-refractivity contribution in [3.8, 4) is 0 Å². The summed E-state index contributed by atoms with van der Waals surface area (Å²) < 4.78 is 1.13. The van der Waals surface area contributed by atoms with Crippen molar-refractivity contribution in [2.45, 2.75) is 6.42 Å². The van der Waals surface area contributed by atoms with E-state index in [9.17, 15) is 0 Å². The van der Waals surface area contributed by atoms with Gasteiger partial charge in [0.1, 0.15) is 4.49 Å². The smallest absolute Gasteiger partial charge is 0.103 e. The molecule has 0 bridgehead atoms. The Morgan fingerprint density at radius 1 is 1.33 bits per heavy atom. The van der Waals surface area contributed by atoms with Gasteiger partial charge < -0.3 is 5.21 Å². The minimum atomic E-state index is 0.160. The summed E-state index contributed by atoms with van der Waals surface area (Å²) in [5.74, 6) is 0. The van der Waals surface area contributed by atoms with Crippen LogP contribution in [0.5, 0.6) is 0 Å². The maximum absolute atomic E-state index is 8.82. The Hall–Kier alpha value is -0.510. The van der Waals surface area contributed by atoms with E-state index in [0.717, 1.165) is 10.0 Å². The average Bonchev–Trinajstić information content (AvgIpc) is 2.21. The molecule has 0 radical (unpaired) electrons. The fraction of sp³-hybridized carbons (Fsp3) is 0.100. The third-order valence-corrected chi connectivity index (χ3v) is 2.59. The number of hydrogen-bond donors (Lipinski definition) is 1. The molecule has 1 aromatic rings. The fourth-order valence-electron chi connectivity index (χ4n) is 1.03. The molecular formula is C10H8BrCl2NO. The van der Waals surface area contributed by atoms with Crippen LogP contribution >= 0.6 is 39.1 Å². The van der Waals surface area contributed by atoms with Crippen LogP contribution in [0.4, 0.5) is 0 Å². The normalized spacial score (nSPS) is 11.3. The van der Waals surface area contributed by atoms with Gasteiger partial charge in [0.2, 0.25) is 0 Å². The van der Waals surface area contributed by atoms with Gasteiger partial charge in [-0.05, 0) is 23.8 Å². The van der Waals surface area contributed by atoms with Crippen molar-refractivity contribution in [1.82, 2.24) is 0 Å². The lowest BCUT2D eigenvalue weighted by atomic mass is 10.1. The summed E-state index contributed by atoms with van der Waals surface area (Å²) in [6.07, 6.45) is 1.96. The Labute approximate surface area is 106 Å². The Morgan fingerprint density at radius 3 is 2.40 bits per heavy atom. The highest BCUT2D eigenvalue weighted by Crippen LogP contribution is 2.14. The van der Waals surface area contributed by atoms with Crippen LogP contribution in [0.15, 0.2) is 44.5 Å². The average molecular weight is 309 g/mol. The number of oxime groups is 1. The van der Waals surface area contributed by atoms with Crippen molar-refractivity contribution in [2.75, 3.05) is 0 Å². The Balaban J connectivity index is 2.85. The van der Waals surface area contributed by atoms with Crippen molar-refractivity contribution in [1.29, 1.82) is 0 Å². The molecule has 1 rings (SSSR count). The highest BCUT2D eigenvalue weighted by Gasteiger charge is 2.02. The van der Waals surface area contributed by atoms with Crippen LogP contribution in [-0.4, -0.2) is 10.9 Å². The van der Waals surface area contributed by atoms with Crippen molar-refractivity contribution >= 4 is 44.8 Å². The van der Waals surface area contributed by atoms with E-state index in [1.165, 1.54) is 0 Å². The number of halogens is 3. The van der Waals surface area contributed by atoms with Gasteiger partial charge in [0.05, 0.1) is 5.71 Å². The van der Waals surface area contributed by atoms with Crippen molar-refractivity contribution in [2.24, 2.45) is 5.16 Å². The maximum atomic E-state index is 8.82. The van der Waals surface area contributed by atoms with E-state index in [0.29, 0.717) is 12.1 Å². The summed E-state index contributed by atoms with van der Waals surface area (Å²) >= 11 is 14.3. The van der Waals surface area contributed by atoms with Crippen molar-refractivity contribution in [3.05, 3.63) is 44.9 Å². The molecule has 0 unspecified atom stereocenters. The summed E-state index contributed by atoms with van der Waals surface area (Å²) in [6.45, 7) is 0. The summed E-state index contributed by atoms with van der Waals surface area (Å²) in [5, 5.41) is 12.0. The van der Waals surface area contributed by atoms with Gasteiger partial charge >= 0.3 is 0 Å². The molecule has 0 aliphatic carbocycles. The largest absolute Gasteiger partial charge is 0.411 e. The monoisotopic (exact) mass is 307 g/mol. The third-order valence-electron chi connectivity index (χ3n) is 1.75. The van der Waals surface area contributed by atoms with Gasteiger partial charge in [0, 0.05) is 10.9 Å². The van der Waals surface area contributed by atoms with Gasteiger partial charge in [-0.15, -0.1) is 0 Å². The van der Waals surface area contributed by atoms with Gasteiger partial charge in [0.15, 0.2) is 0 Å². The van der Waals surface area contributed by atoms with Crippen LogP contribution in [0.2, 0.25) is 0 Å². The van der Waals surface area contributed by atoms with E-state index in [1.807, 2.05) is 24.3 Å². The second kappa shape index (κ2) is 6.16. The SMILES string of the molecule is O/N=C(/CC=C(Cl)Cl)c1ccc(Br)cc1. The molecule has 0 aromatic heterocycles. The summed E-state index contributed by atoms with van der Waals surface area (Å²) in [5.41, 5.74) is 1.34. The molecule has 0 aliphatic rings. The zero-order chi connectivity index (χ0) is 11.3. The highest BCUT2D eigenvalue weighted by atomic mass is 79.9. The van der Waals surface area contributed by atoms with Crippen LogP contribution in [0.3, 0.4) is 0 Å². The van der Waals surface area contributed by atoms with Gasteiger partial charge in [-0.3, -0.25) is 0 Å². The first-order valence-corrected chi connectivity index (χ1v) is 5.66. The predicted molar refractivity (Wildman–Crippen MR) is 66.9 cm³/mol. The molecular weight excluding hydrogens is 301 g/mol. The molecule has 0 fully saturated rings. The van der Waals surface area contributed by atoms with Crippen LogP contribution in [0.1, 0.15) is 12.0 Å². The van der Waals surface area contributed by atoms with E-state index in [2.05, 4.69) is 21.1 Å². The van der Waals surface area contributed by atoms with Crippen LogP contribution in [0.25, 0.3) is 0 Å². The van der Waals surface area contributed by atoms with Gasteiger partial charge in [-0.1, -0.05) is 56.4 Å². The molecule has 0 spiro atoms. The molecule has 15 heavy (non-hydrogen) atoms. The molecule has 0 saturated carbocycles. The number of rotatable bonds is 3. The summed E-state index contributed by atoms with van der Waals surface area (Å²) in [4.78, 5) is 0. The zero-order valence-corrected chi connectivity index (χ0v) is 10.7. The molecule has 0 amide bonds. The molecule has 0 atom stereocenters. The first kappa shape index (κ1) is 12.6. The first-order valence-electron chi connectivity index (χ1n) is 4.11. The lowest BCUT2D eigenvalue weighted by molar-refractivity contribution is 0.318. The first-order chi connectivity index (χ1) is 7.13. The number of nitrogens with zero attached hydrogens (tertiary/aromatic N) is 1. The Kier molecular flexibility index (Phi) is 5.15. The van der Waals surface area contributed by atoms with Crippen LogP contribution < -0.4 is 0 Å². The van der Waals surface area contributed by atoms with Crippen LogP contribution in [0, 0.1) is 0 Å². The van der Waals surface area contributed by atoms with E-state index in [1.54, 1.807) is 6.08 Å². The highest BCUT2D eigenvalue weighted by molar-refractivity contribution is 9.10. The van der Waals surface area contributed by atoms with E-state index in [4.69, 9.17) is 28.4 Å². The molecule has 0 heterocycles. The van der Waals surface area contributed by atoms with Crippen LogP contribution in [-0.2, 0) is 0 Å². The Bertz CT molecular complexity index is 383. The maximum Gasteiger partial charge on any atom is 0.103 e. The topological polar surface area (TPSA) is 32.6 Å². The number of allylic oxidation sites excluding steroid dienone is 1. The Morgan fingerprint density at radius 2 is 1.93 bits per heavy atom. The van der Waals surface area contributed by atoms with Gasteiger partial charge in [-0.25, -0.2) is 0 Å². The summed E-state index contributed by atoms with van der Waals surface area (Å²) in [7, 11) is 0. The molecule has 80 valence electrons. The van der Waals surface area contributed by atoms with E-state index < -0.39 is 0 Å². The van der Waals surface area contributed by atoms with Crippen molar-refractivity contribution < 1.29 is 5.21 Å². The lowest BCUT2D eigenvalue weighted by Crippen LogP contribution is -1.99. The molecule has 1 aromatic carbocycles. The number of hydrogen-bond acceptors (Lipinski definition) is 2. The second-order valence-corrected chi connectivity index (χ2v) is 4.68. The van der Waals surface area contributed by atoms with E-state index >= 15 is 0 Å². The minimum absolute atomic E-state index is 0.160. The molecule has 5 heteroatoms. The quantitative estimate of drug-likeness (QED) is 0.503. The predicted octanol–water partition coefficient (Wildman–Crippen LogP) is 4.34. The van der Waals surface area contributed by atoms with Crippen molar-refractivity contribution in [3.63, 3.8) is 0 Å². The number of benzene rings is 1. The lowest BCUT2D eigenvalue weighted by Gasteiger charge is -2.01. The summed E-state index contributed by atoms with van der Waals surface area (Å²) in [6, 6.07) is 7.42. The standard InChI is InChI=1S/C10H8BrCl2NO/c11-8-3-1-7(2-4-8)9(14-15)5-6-10(12)13/h1-4,6,15H,5H2/b14-9-. The van der Waals surface area contributed by atoms with Gasteiger partial charge in [-0.2, -0.15) is 0 Å². The third kappa shape index (κ3) is 4.24. The second-order valence-electron chi connectivity index (χ2n) is 2.75. The minimum Gasteiger partial charge on any atom is -0.411 e. The van der Waals surface area contributed by atoms with Gasteiger partial charge in [0.25, 0.3) is 0 Å². The van der Waals surface area contributed by atoms with E-state index in [-0.39, 0.29) is 4.49 Å². The molecule has 0 saturated heterocycles. The fourth-order valence-corrected chi connectivity index (χ4v) is 1.45.